The standard InChI is InChI=1S/C14H11NO2/c1-16-13-8-7-10-4-2-5-11(14(10)15-13)12-6-3-9-17-12/h2-9H,1H3. The third kappa shape index (κ3) is 1.65. The number of pyridine rings is 1. The van der Waals surface area contributed by atoms with Gasteiger partial charge in [0.15, 0.2) is 0 Å². The molecule has 84 valence electrons. The number of aromatic nitrogens is 1. The van der Waals surface area contributed by atoms with Gasteiger partial charge in [0.25, 0.3) is 0 Å². The van der Waals surface area contributed by atoms with Crippen LogP contribution >= 0.6 is 0 Å². The van der Waals surface area contributed by atoms with Gasteiger partial charge in [-0.3, -0.25) is 0 Å². The molecular weight excluding hydrogens is 214 g/mol. The predicted octanol–water partition coefficient (Wildman–Crippen LogP) is 3.50. The van der Waals surface area contributed by atoms with E-state index in [-0.39, 0.29) is 0 Å². The summed E-state index contributed by atoms with van der Waals surface area (Å²) in [5.41, 5.74) is 1.87. The van der Waals surface area contributed by atoms with Crippen LogP contribution in [0.1, 0.15) is 0 Å². The van der Waals surface area contributed by atoms with E-state index in [1.165, 1.54) is 0 Å². The summed E-state index contributed by atoms with van der Waals surface area (Å²) in [7, 11) is 1.61. The minimum atomic E-state index is 0.608. The van der Waals surface area contributed by atoms with E-state index in [0.717, 1.165) is 22.2 Å². The number of rotatable bonds is 2. The summed E-state index contributed by atoms with van der Waals surface area (Å²) in [5, 5.41) is 1.07. The van der Waals surface area contributed by atoms with Gasteiger partial charge in [0.05, 0.1) is 18.9 Å². The van der Waals surface area contributed by atoms with Gasteiger partial charge in [0.2, 0.25) is 5.88 Å². The largest absolute Gasteiger partial charge is 0.481 e. The molecule has 0 radical (unpaired) electrons. The second-order valence-corrected chi connectivity index (χ2v) is 3.71. The molecule has 0 aliphatic carbocycles. The van der Waals surface area contributed by atoms with Crippen molar-refractivity contribution >= 4 is 10.9 Å². The molecule has 0 aliphatic heterocycles. The molecule has 0 N–H and O–H groups in total. The third-order valence-corrected chi connectivity index (χ3v) is 2.69. The Hall–Kier alpha value is -2.29. The lowest BCUT2D eigenvalue weighted by Gasteiger charge is -2.05. The van der Waals surface area contributed by atoms with Crippen LogP contribution < -0.4 is 4.74 Å². The lowest BCUT2D eigenvalue weighted by atomic mass is 10.1. The van der Waals surface area contributed by atoms with Crippen molar-refractivity contribution in [3.63, 3.8) is 0 Å². The Labute approximate surface area is 98.7 Å². The first-order valence-electron chi connectivity index (χ1n) is 5.36. The monoisotopic (exact) mass is 225 g/mol. The molecular formula is C14H11NO2. The first kappa shape index (κ1) is 9.90. The van der Waals surface area contributed by atoms with Crippen LogP contribution in [-0.2, 0) is 0 Å². The highest BCUT2D eigenvalue weighted by Crippen LogP contribution is 2.28. The van der Waals surface area contributed by atoms with Crippen molar-refractivity contribution < 1.29 is 9.15 Å². The minimum absolute atomic E-state index is 0.608. The molecule has 3 heteroatoms. The van der Waals surface area contributed by atoms with Gasteiger partial charge in [0, 0.05) is 17.0 Å². The maximum absolute atomic E-state index is 5.42. The zero-order valence-corrected chi connectivity index (χ0v) is 9.38. The summed E-state index contributed by atoms with van der Waals surface area (Å²) in [6, 6.07) is 13.7. The highest BCUT2D eigenvalue weighted by Gasteiger charge is 2.08. The zero-order chi connectivity index (χ0) is 11.7. The van der Waals surface area contributed by atoms with Gasteiger partial charge in [-0.25, -0.2) is 4.98 Å². The van der Waals surface area contributed by atoms with Gasteiger partial charge >= 0.3 is 0 Å². The molecule has 0 amide bonds. The fourth-order valence-corrected chi connectivity index (χ4v) is 1.87. The number of hydrogen-bond donors (Lipinski definition) is 0. The third-order valence-electron chi connectivity index (χ3n) is 2.69. The average Bonchev–Trinajstić information content (AvgIpc) is 2.91. The molecule has 0 spiro atoms. The second kappa shape index (κ2) is 3.94. The van der Waals surface area contributed by atoms with Crippen LogP contribution in [0.25, 0.3) is 22.2 Å². The van der Waals surface area contributed by atoms with Crippen molar-refractivity contribution in [2.45, 2.75) is 0 Å². The van der Waals surface area contributed by atoms with Crippen LogP contribution in [0.2, 0.25) is 0 Å². The Bertz CT molecular complexity index is 644. The van der Waals surface area contributed by atoms with Gasteiger partial charge in [-0.05, 0) is 24.3 Å². The van der Waals surface area contributed by atoms with Crippen LogP contribution in [0.3, 0.4) is 0 Å². The highest BCUT2D eigenvalue weighted by molar-refractivity contribution is 5.92. The molecule has 2 aromatic heterocycles. The van der Waals surface area contributed by atoms with E-state index in [9.17, 15) is 0 Å². The van der Waals surface area contributed by atoms with Gasteiger partial charge in [-0.2, -0.15) is 0 Å². The zero-order valence-electron chi connectivity index (χ0n) is 9.38. The van der Waals surface area contributed by atoms with E-state index in [2.05, 4.69) is 4.98 Å². The maximum Gasteiger partial charge on any atom is 0.213 e. The molecule has 1 aromatic carbocycles. The van der Waals surface area contributed by atoms with Crippen molar-refractivity contribution in [2.75, 3.05) is 7.11 Å². The van der Waals surface area contributed by atoms with Crippen molar-refractivity contribution in [1.29, 1.82) is 0 Å². The summed E-state index contributed by atoms with van der Waals surface area (Å²) < 4.78 is 10.6. The number of methoxy groups -OCH3 is 1. The average molecular weight is 225 g/mol. The summed E-state index contributed by atoms with van der Waals surface area (Å²) in [4.78, 5) is 4.47. The van der Waals surface area contributed by atoms with Crippen molar-refractivity contribution in [3.05, 3.63) is 48.7 Å². The fourth-order valence-electron chi connectivity index (χ4n) is 1.87. The summed E-state index contributed by atoms with van der Waals surface area (Å²) in [6.45, 7) is 0. The topological polar surface area (TPSA) is 35.3 Å². The fraction of sp³-hybridized carbons (Fsp3) is 0.0714. The highest BCUT2D eigenvalue weighted by atomic mass is 16.5. The van der Waals surface area contributed by atoms with Crippen molar-refractivity contribution in [2.24, 2.45) is 0 Å². The molecule has 3 rings (SSSR count). The number of nitrogens with zero attached hydrogens (tertiary/aromatic N) is 1. The van der Waals surface area contributed by atoms with Crippen LogP contribution in [0.5, 0.6) is 5.88 Å². The molecule has 2 heterocycles. The van der Waals surface area contributed by atoms with Gasteiger partial charge < -0.3 is 9.15 Å². The SMILES string of the molecule is COc1ccc2cccc(-c3ccco3)c2n1. The minimum Gasteiger partial charge on any atom is -0.481 e. The Balaban J connectivity index is 2.30. The molecule has 0 fully saturated rings. The Morgan fingerprint density at radius 3 is 2.76 bits per heavy atom. The Kier molecular flexibility index (Phi) is 2.29. The van der Waals surface area contributed by atoms with Crippen LogP contribution in [-0.4, -0.2) is 12.1 Å². The number of hydrogen-bond acceptors (Lipinski definition) is 3. The van der Waals surface area contributed by atoms with E-state index in [1.807, 2.05) is 42.5 Å². The molecule has 17 heavy (non-hydrogen) atoms. The number of ether oxygens (including phenoxy) is 1. The first-order valence-corrected chi connectivity index (χ1v) is 5.36. The number of benzene rings is 1. The lowest BCUT2D eigenvalue weighted by Crippen LogP contribution is -1.89. The molecule has 0 atom stereocenters. The summed E-state index contributed by atoms with van der Waals surface area (Å²) in [5.74, 6) is 1.42. The smallest absolute Gasteiger partial charge is 0.213 e. The molecule has 0 aliphatic rings. The van der Waals surface area contributed by atoms with Crippen molar-refractivity contribution in [3.8, 4) is 17.2 Å². The van der Waals surface area contributed by atoms with E-state index in [4.69, 9.17) is 9.15 Å². The Morgan fingerprint density at radius 1 is 1.06 bits per heavy atom. The quantitative estimate of drug-likeness (QED) is 0.669. The lowest BCUT2D eigenvalue weighted by molar-refractivity contribution is 0.399. The Morgan fingerprint density at radius 2 is 2.00 bits per heavy atom. The number of para-hydroxylation sites is 1. The van der Waals surface area contributed by atoms with Crippen LogP contribution in [0.15, 0.2) is 53.1 Å². The maximum atomic E-state index is 5.42. The van der Waals surface area contributed by atoms with Gasteiger partial charge in [-0.15, -0.1) is 0 Å². The molecule has 0 unspecified atom stereocenters. The van der Waals surface area contributed by atoms with E-state index < -0.39 is 0 Å². The van der Waals surface area contributed by atoms with Crippen molar-refractivity contribution in [1.82, 2.24) is 4.98 Å². The van der Waals surface area contributed by atoms with E-state index in [1.54, 1.807) is 13.4 Å². The summed E-state index contributed by atoms with van der Waals surface area (Å²) in [6.07, 6.45) is 1.66. The predicted molar refractivity (Wildman–Crippen MR) is 66.0 cm³/mol. The first-order chi connectivity index (χ1) is 8.38. The molecule has 0 saturated carbocycles. The van der Waals surface area contributed by atoms with Gasteiger partial charge in [0.1, 0.15) is 5.76 Å². The van der Waals surface area contributed by atoms with Crippen LogP contribution in [0, 0.1) is 0 Å². The molecule has 0 saturated heterocycles. The molecule has 3 nitrogen and oxygen atoms in total. The second-order valence-electron chi connectivity index (χ2n) is 3.71. The number of fused-ring (bicyclic) bond motifs is 1. The molecule has 3 aromatic rings. The van der Waals surface area contributed by atoms with E-state index >= 15 is 0 Å². The molecule has 0 bridgehead atoms. The summed E-state index contributed by atoms with van der Waals surface area (Å²) >= 11 is 0. The number of furan rings is 1. The normalized spacial score (nSPS) is 10.6. The van der Waals surface area contributed by atoms with Gasteiger partial charge in [-0.1, -0.05) is 12.1 Å². The van der Waals surface area contributed by atoms with Crippen LogP contribution in [0.4, 0.5) is 0 Å². The van der Waals surface area contributed by atoms with E-state index in [0.29, 0.717) is 5.88 Å².